The number of hydrogen-bond acceptors (Lipinski definition) is 5. The second-order valence-electron chi connectivity index (χ2n) is 9.26. The van der Waals surface area contributed by atoms with Crippen LogP contribution in [0.2, 0.25) is 0 Å². The maximum atomic E-state index is 14.0. The number of nitrogens with zero attached hydrogens (tertiary/aromatic N) is 2. The molecule has 0 saturated carbocycles. The lowest BCUT2D eigenvalue weighted by Gasteiger charge is -2.37. The lowest BCUT2D eigenvalue weighted by atomic mass is 9.60. The molecule has 6 heteroatoms. The Hall–Kier alpha value is -3.01. The number of nitriles is 1. The number of carbonyl (C=O) groups is 2. The van der Waals surface area contributed by atoms with Gasteiger partial charge in [-0.05, 0) is 25.5 Å². The molecule has 2 bridgehead atoms. The monoisotopic (exact) mass is 430 g/mol. The van der Waals surface area contributed by atoms with E-state index in [2.05, 4.69) is 13.0 Å². The van der Waals surface area contributed by atoms with Crippen molar-refractivity contribution in [3.8, 4) is 6.07 Å². The Labute approximate surface area is 187 Å². The number of aliphatic hydroxyl groups excluding tert-OH is 1. The second kappa shape index (κ2) is 6.99. The van der Waals surface area contributed by atoms with Gasteiger partial charge in [-0.1, -0.05) is 56.2 Å². The van der Waals surface area contributed by atoms with E-state index in [-0.39, 0.29) is 24.8 Å². The molecule has 2 amide bonds. The first-order valence-electron chi connectivity index (χ1n) is 11.2. The number of unbranched alkanes of at least 4 members (excludes halogenated alkanes) is 1. The van der Waals surface area contributed by atoms with Gasteiger partial charge < -0.3 is 9.84 Å². The number of carbonyl (C=O) groups excluding carboxylic acids is 2. The molecule has 4 unspecified atom stereocenters. The van der Waals surface area contributed by atoms with Gasteiger partial charge in [0.25, 0.3) is 0 Å². The molecule has 0 aromatic heterocycles. The lowest BCUT2D eigenvalue weighted by Crippen LogP contribution is -2.50. The third kappa shape index (κ3) is 2.35. The molecule has 3 aliphatic heterocycles. The highest BCUT2D eigenvalue weighted by Crippen LogP contribution is 2.67. The SMILES string of the molecule is CCCCC12C=CC(CCO)(O1)C1(C)C(=O)N(c3ccc(C#N)c4ccccc34)C(=O)C21. The van der Waals surface area contributed by atoms with Crippen LogP contribution < -0.4 is 4.90 Å². The zero-order valence-electron chi connectivity index (χ0n) is 18.3. The van der Waals surface area contributed by atoms with Crippen molar-refractivity contribution in [2.75, 3.05) is 11.5 Å². The van der Waals surface area contributed by atoms with Crippen LogP contribution in [-0.4, -0.2) is 34.7 Å². The summed E-state index contributed by atoms with van der Waals surface area (Å²) in [5, 5.41) is 20.7. The van der Waals surface area contributed by atoms with Crippen LogP contribution in [0, 0.1) is 22.7 Å². The first-order valence-corrected chi connectivity index (χ1v) is 11.2. The molecule has 5 rings (SSSR count). The molecule has 1 N–H and O–H groups in total. The van der Waals surface area contributed by atoms with Gasteiger partial charge in [-0.25, -0.2) is 4.90 Å². The van der Waals surface area contributed by atoms with Gasteiger partial charge in [0.05, 0.1) is 28.7 Å². The van der Waals surface area contributed by atoms with E-state index in [1.807, 2.05) is 43.3 Å². The van der Waals surface area contributed by atoms with Crippen LogP contribution in [0.5, 0.6) is 0 Å². The molecular weight excluding hydrogens is 404 g/mol. The van der Waals surface area contributed by atoms with Crippen LogP contribution >= 0.6 is 0 Å². The summed E-state index contributed by atoms with van der Waals surface area (Å²) in [5.41, 5.74) is -1.97. The van der Waals surface area contributed by atoms with Gasteiger partial charge >= 0.3 is 0 Å². The Bertz CT molecular complexity index is 1210. The summed E-state index contributed by atoms with van der Waals surface area (Å²) >= 11 is 0. The predicted octanol–water partition coefficient (Wildman–Crippen LogP) is 3.86. The highest BCUT2D eigenvalue weighted by atomic mass is 16.5. The molecule has 0 aliphatic carbocycles. The van der Waals surface area contributed by atoms with E-state index in [0.29, 0.717) is 28.4 Å². The molecule has 3 aliphatic rings. The summed E-state index contributed by atoms with van der Waals surface area (Å²) in [4.78, 5) is 29.3. The van der Waals surface area contributed by atoms with Gasteiger partial charge in [-0.15, -0.1) is 0 Å². The Morgan fingerprint density at radius 2 is 1.88 bits per heavy atom. The zero-order chi connectivity index (χ0) is 22.7. The van der Waals surface area contributed by atoms with Crippen LogP contribution in [0.4, 0.5) is 5.69 Å². The van der Waals surface area contributed by atoms with Crippen molar-refractivity contribution in [3.05, 3.63) is 54.1 Å². The molecule has 2 fully saturated rings. The minimum atomic E-state index is -1.11. The van der Waals surface area contributed by atoms with E-state index in [1.165, 1.54) is 4.90 Å². The van der Waals surface area contributed by atoms with Crippen molar-refractivity contribution in [1.82, 2.24) is 0 Å². The summed E-state index contributed by atoms with van der Waals surface area (Å²) in [5.74, 6) is -1.23. The molecule has 3 heterocycles. The average Bonchev–Trinajstić information content (AvgIpc) is 3.35. The van der Waals surface area contributed by atoms with E-state index in [1.54, 1.807) is 12.1 Å². The third-order valence-electron chi connectivity index (χ3n) is 7.73. The fourth-order valence-corrected chi connectivity index (χ4v) is 6.17. The van der Waals surface area contributed by atoms with Crippen molar-refractivity contribution in [2.24, 2.45) is 11.3 Å². The summed E-state index contributed by atoms with van der Waals surface area (Å²) in [6.45, 7) is 3.76. The van der Waals surface area contributed by atoms with E-state index < -0.39 is 22.5 Å². The molecule has 164 valence electrons. The molecule has 4 atom stereocenters. The molecule has 6 nitrogen and oxygen atoms in total. The topological polar surface area (TPSA) is 90.6 Å². The highest BCUT2D eigenvalue weighted by Gasteiger charge is 2.79. The smallest absolute Gasteiger partial charge is 0.243 e. The number of ether oxygens (including phenoxy) is 1. The maximum Gasteiger partial charge on any atom is 0.243 e. The molecular formula is C26H26N2O4. The number of rotatable bonds is 6. The Morgan fingerprint density at radius 1 is 1.12 bits per heavy atom. The van der Waals surface area contributed by atoms with Gasteiger partial charge in [0.1, 0.15) is 11.2 Å². The van der Waals surface area contributed by atoms with Gasteiger partial charge in [0.2, 0.25) is 11.8 Å². The van der Waals surface area contributed by atoms with E-state index in [0.717, 1.165) is 12.8 Å². The average molecular weight is 431 g/mol. The largest absolute Gasteiger partial charge is 0.396 e. The van der Waals surface area contributed by atoms with Gasteiger partial charge in [0.15, 0.2) is 0 Å². The van der Waals surface area contributed by atoms with Crippen molar-refractivity contribution >= 4 is 28.3 Å². The molecule has 2 aromatic rings. The number of anilines is 1. The third-order valence-corrected chi connectivity index (χ3v) is 7.73. The molecule has 32 heavy (non-hydrogen) atoms. The van der Waals surface area contributed by atoms with E-state index in [4.69, 9.17) is 4.74 Å². The summed E-state index contributed by atoms with van der Waals surface area (Å²) in [6.07, 6.45) is 6.58. The van der Waals surface area contributed by atoms with Crippen molar-refractivity contribution < 1.29 is 19.4 Å². The summed E-state index contributed by atoms with van der Waals surface area (Å²) in [7, 11) is 0. The Morgan fingerprint density at radius 3 is 2.56 bits per heavy atom. The maximum absolute atomic E-state index is 14.0. The predicted molar refractivity (Wildman–Crippen MR) is 120 cm³/mol. The summed E-state index contributed by atoms with van der Waals surface area (Å²) in [6, 6.07) is 12.9. The van der Waals surface area contributed by atoms with Crippen LogP contribution in [-0.2, 0) is 14.3 Å². The van der Waals surface area contributed by atoms with E-state index >= 15 is 0 Å². The fourth-order valence-electron chi connectivity index (χ4n) is 6.17. The van der Waals surface area contributed by atoms with Gasteiger partial charge in [-0.2, -0.15) is 5.26 Å². The van der Waals surface area contributed by atoms with Crippen molar-refractivity contribution in [3.63, 3.8) is 0 Å². The second-order valence-corrected chi connectivity index (χ2v) is 9.26. The fraction of sp³-hybridized carbons (Fsp3) is 0.423. The number of imide groups is 1. The lowest BCUT2D eigenvalue weighted by molar-refractivity contribution is -0.136. The molecule has 2 saturated heterocycles. The first-order chi connectivity index (χ1) is 15.4. The molecule has 0 spiro atoms. The number of fused-ring (bicyclic) bond motifs is 6. The Balaban J connectivity index is 1.69. The number of hydrogen-bond donors (Lipinski definition) is 1. The van der Waals surface area contributed by atoms with Crippen LogP contribution in [0.15, 0.2) is 48.6 Å². The number of amides is 2. The molecule has 0 radical (unpaired) electrons. The standard InChI is InChI=1S/C26H26N2O4/c1-3-4-11-25-12-13-26(32-25,14-15-29)24(2)21(25)22(30)28(23(24)31)20-10-9-17(16-27)18-7-5-6-8-19(18)20/h5-10,12-13,21,29H,3-4,11,14-15H2,1-2H3. The van der Waals surface area contributed by atoms with E-state index in [9.17, 15) is 20.0 Å². The van der Waals surface area contributed by atoms with Crippen LogP contribution in [0.25, 0.3) is 10.8 Å². The van der Waals surface area contributed by atoms with Crippen LogP contribution in [0.1, 0.15) is 45.1 Å². The number of benzene rings is 2. The number of aliphatic hydroxyl groups is 1. The summed E-state index contributed by atoms with van der Waals surface area (Å²) < 4.78 is 6.53. The molecule has 2 aromatic carbocycles. The Kier molecular flexibility index (Phi) is 4.56. The van der Waals surface area contributed by atoms with Gasteiger partial charge in [0, 0.05) is 23.8 Å². The highest BCUT2D eigenvalue weighted by molar-refractivity contribution is 6.27. The van der Waals surface area contributed by atoms with Crippen LogP contribution in [0.3, 0.4) is 0 Å². The first kappa shape index (κ1) is 20.9. The van der Waals surface area contributed by atoms with Gasteiger partial charge in [-0.3, -0.25) is 9.59 Å². The minimum Gasteiger partial charge on any atom is -0.396 e. The zero-order valence-corrected chi connectivity index (χ0v) is 18.3. The van der Waals surface area contributed by atoms with Crippen molar-refractivity contribution in [1.29, 1.82) is 5.26 Å². The minimum absolute atomic E-state index is 0.141. The van der Waals surface area contributed by atoms with Crippen molar-refractivity contribution in [2.45, 2.75) is 50.7 Å². The normalized spacial score (nSPS) is 32.7. The quantitative estimate of drug-likeness (QED) is 0.555.